The highest BCUT2D eigenvalue weighted by Gasteiger charge is 2.22. The summed E-state index contributed by atoms with van der Waals surface area (Å²) in [5.41, 5.74) is 1.36. The van der Waals surface area contributed by atoms with Crippen LogP contribution in [-0.2, 0) is 7.05 Å². The molecule has 1 atom stereocenters. The largest absolute Gasteiger partial charge is 0.497 e. The van der Waals surface area contributed by atoms with Crippen LogP contribution in [0.2, 0.25) is 5.02 Å². The highest BCUT2D eigenvalue weighted by Crippen LogP contribution is 2.29. The van der Waals surface area contributed by atoms with Crippen molar-refractivity contribution in [2.75, 3.05) is 19.5 Å². The van der Waals surface area contributed by atoms with E-state index in [1.807, 2.05) is 29.9 Å². The van der Waals surface area contributed by atoms with Gasteiger partial charge in [0.05, 0.1) is 14.2 Å². The summed E-state index contributed by atoms with van der Waals surface area (Å²) < 4.78 is 12.6. The van der Waals surface area contributed by atoms with E-state index in [0.717, 1.165) is 5.56 Å². The topological polar surface area (TPSA) is 77.4 Å². The molecule has 1 heterocycles. The number of hydrogen-bond acceptors (Lipinski definition) is 4. The predicted molar refractivity (Wildman–Crippen MR) is 108 cm³/mol. The Kier molecular flexibility index (Phi) is 6.06. The smallest absolute Gasteiger partial charge is 0.320 e. The summed E-state index contributed by atoms with van der Waals surface area (Å²) in [6.07, 6.45) is 3.49. The van der Waals surface area contributed by atoms with Gasteiger partial charge in [0.15, 0.2) is 0 Å². The number of aromatic nitrogens is 2. The third kappa shape index (κ3) is 4.55. The number of urea groups is 1. The monoisotopic (exact) mass is 400 g/mol. The first-order chi connectivity index (χ1) is 13.5. The minimum Gasteiger partial charge on any atom is -0.497 e. The number of nitrogens with zero attached hydrogens (tertiary/aromatic N) is 2. The van der Waals surface area contributed by atoms with Crippen LogP contribution in [0, 0.1) is 0 Å². The van der Waals surface area contributed by atoms with Gasteiger partial charge in [0, 0.05) is 36.2 Å². The number of anilines is 1. The van der Waals surface area contributed by atoms with Gasteiger partial charge >= 0.3 is 6.03 Å². The summed E-state index contributed by atoms with van der Waals surface area (Å²) in [6, 6.07) is 11.5. The van der Waals surface area contributed by atoms with Crippen molar-refractivity contribution < 1.29 is 14.3 Å². The molecule has 0 spiro atoms. The number of benzene rings is 2. The molecule has 28 heavy (non-hydrogen) atoms. The minimum atomic E-state index is -0.525. The van der Waals surface area contributed by atoms with Gasteiger partial charge in [-0.15, -0.1) is 0 Å². The van der Waals surface area contributed by atoms with Gasteiger partial charge in [-0.05, 0) is 35.9 Å². The molecule has 0 radical (unpaired) electrons. The van der Waals surface area contributed by atoms with Gasteiger partial charge in [0.25, 0.3) is 0 Å². The fourth-order valence-corrected chi connectivity index (χ4v) is 3.00. The van der Waals surface area contributed by atoms with Crippen molar-refractivity contribution in [3.8, 4) is 11.5 Å². The molecule has 1 aromatic heterocycles. The highest BCUT2D eigenvalue weighted by atomic mass is 35.5. The van der Waals surface area contributed by atoms with E-state index >= 15 is 0 Å². The summed E-state index contributed by atoms with van der Waals surface area (Å²) in [5, 5.41) is 6.29. The molecule has 0 bridgehead atoms. The highest BCUT2D eigenvalue weighted by molar-refractivity contribution is 6.30. The third-order valence-electron chi connectivity index (χ3n) is 4.18. The van der Waals surface area contributed by atoms with Gasteiger partial charge in [-0.1, -0.05) is 17.7 Å². The lowest BCUT2D eigenvalue weighted by molar-refractivity contribution is 0.249. The standard InChI is InChI=1S/C20H21ClN4O3/c1-25-8-7-22-19(25)18(13-9-16(27-2)12-17(10-13)28-3)24-20(26)23-15-6-4-5-14(21)11-15/h4-12,18H,1-3H3,(H2,23,24,26)/t18-/m0/s1. The van der Waals surface area contributed by atoms with E-state index in [9.17, 15) is 4.79 Å². The van der Waals surface area contributed by atoms with E-state index in [4.69, 9.17) is 21.1 Å². The second kappa shape index (κ2) is 8.67. The average Bonchev–Trinajstić information content (AvgIpc) is 3.11. The molecule has 0 unspecified atom stereocenters. The number of halogens is 1. The maximum atomic E-state index is 12.7. The van der Waals surface area contributed by atoms with E-state index in [-0.39, 0.29) is 0 Å². The molecule has 3 aromatic rings. The molecule has 7 nitrogen and oxygen atoms in total. The van der Waals surface area contributed by atoms with E-state index in [1.165, 1.54) is 0 Å². The van der Waals surface area contributed by atoms with Crippen LogP contribution in [0.15, 0.2) is 54.9 Å². The van der Waals surface area contributed by atoms with Crippen LogP contribution < -0.4 is 20.1 Å². The zero-order valence-electron chi connectivity index (χ0n) is 15.8. The van der Waals surface area contributed by atoms with E-state index in [1.54, 1.807) is 50.7 Å². The number of nitrogens with one attached hydrogen (secondary N) is 2. The zero-order valence-corrected chi connectivity index (χ0v) is 16.5. The molecule has 0 fully saturated rings. The van der Waals surface area contributed by atoms with Gasteiger partial charge in [-0.3, -0.25) is 0 Å². The van der Waals surface area contributed by atoms with Crippen LogP contribution in [0.25, 0.3) is 0 Å². The number of carbonyl (C=O) groups is 1. The van der Waals surface area contributed by atoms with Gasteiger partial charge < -0.3 is 24.7 Å². The Morgan fingerprint density at radius 3 is 2.43 bits per heavy atom. The Labute approximate surface area is 168 Å². The van der Waals surface area contributed by atoms with Crippen molar-refractivity contribution >= 4 is 23.3 Å². The fraction of sp³-hybridized carbons (Fsp3) is 0.200. The molecular formula is C20H21ClN4O3. The molecule has 0 aliphatic rings. The molecule has 0 aliphatic heterocycles. The normalized spacial score (nSPS) is 11.6. The van der Waals surface area contributed by atoms with Crippen molar-refractivity contribution in [1.29, 1.82) is 0 Å². The number of carbonyl (C=O) groups excluding carboxylic acids is 1. The Morgan fingerprint density at radius 1 is 1.14 bits per heavy atom. The Bertz CT molecular complexity index is 951. The van der Waals surface area contributed by atoms with E-state index in [0.29, 0.717) is 28.0 Å². The fourth-order valence-electron chi connectivity index (χ4n) is 2.81. The van der Waals surface area contributed by atoms with Crippen molar-refractivity contribution in [2.45, 2.75) is 6.04 Å². The number of ether oxygens (including phenoxy) is 2. The summed E-state index contributed by atoms with van der Waals surface area (Å²) >= 11 is 5.99. The molecule has 8 heteroatoms. The molecular weight excluding hydrogens is 380 g/mol. The van der Waals surface area contributed by atoms with Crippen LogP contribution in [-0.4, -0.2) is 29.8 Å². The van der Waals surface area contributed by atoms with Crippen LogP contribution in [0.5, 0.6) is 11.5 Å². The van der Waals surface area contributed by atoms with Crippen LogP contribution in [0.3, 0.4) is 0 Å². The Morgan fingerprint density at radius 2 is 1.86 bits per heavy atom. The molecule has 2 N–H and O–H groups in total. The molecule has 0 aliphatic carbocycles. The van der Waals surface area contributed by atoms with Crippen molar-refractivity contribution in [1.82, 2.24) is 14.9 Å². The summed E-state index contributed by atoms with van der Waals surface area (Å²) in [4.78, 5) is 17.1. The number of hydrogen-bond donors (Lipinski definition) is 2. The number of imidazole rings is 1. The maximum absolute atomic E-state index is 12.7. The predicted octanol–water partition coefficient (Wildman–Crippen LogP) is 4.00. The van der Waals surface area contributed by atoms with Crippen LogP contribution in [0.1, 0.15) is 17.4 Å². The quantitative estimate of drug-likeness (QED) is 0.655. The van der Waals surface area contributed by atoms with Crippen molar-refractivity contribution in [3.63, 3.8) is 0 Å². The second-order valence-corrected chi connectivity index (χ2v) is 6.52. The van der Waals surface area contributed by atoms with E-state index in [2.05, 4.69) is 15.6 Å². The summed E-state index contributed by atoms with van der Waals surface area (Å²) in [6.45, 7) is 0. The van der Waals surface area contributed by atoms with Gasteiger partial charge in [-0.25, -0.2) is 9.78 Å². The molecule has 2 aromatic carbocycles. The second-order valence-electron chi connectivity index (χ2n) is 6.08. The lowest BCUT2D eigenvalue weighted by Crippen LogP contribution is -2.34. The first kappa shape index (κ1) is 19.6. The number of methoxy groups -OCH3 is 2. The average molecular weight is 401 g/mol. The maximum Gasteiger partial charge on any atom is 0.320 e. The first-order valence-electron chi connectivity index (χ1n) is 8.53. The zero-order chi connectivity index (χ0) is 20.1. The molecule has 0 saturated heterocycles. The number of rotatable bonds is 6. The van der Waals surface area contributed by atoms with Gasteiger partial charge in [0.2, 0.25) is 0 Å². The van der Waals surface area contributed by atoms with Gasteiger partial charge in [-0.2, -0.15) is 0 Å². The van der Waals surface area contributed by atoms with Crippen LogP contribution >= 0.6 is 11.6 Å². The summed E-state index contributed by atoms with van der Waals surface area (Å²) in [7, 11) is 5.02. The lowest BCUT2D eigenvalue weighted by Gasteiger charge is -2.21. The molecule has 0 saturated carbocycles. The minimum absolute atomic E-state index is 0.392. The molecule has 146 valence electrons. The lowest BCUT2D eigenvalue weighted by atomic mass is 10.1. The number of aryl methyl sites for hydroxylation is 1. The molecule has 3 rings (SSSR count). The number of amides is 2. The van der Waals surface area contributed by atoms with Crippen LogP contribution in [0.4, 0.5) is 10.5 Å². The van der Waals surface area contributed by atoms with Crippen molar-refractivity contribution in [3.05, 3.63) is 71.3 Å². The first-order valence-corrected chi connectivity index (χ1v) is 8.91. The third-order valence-corrected chi connectivity index (χ3v) is 4.42. The molecule has 2 amide bonds. The van der Waals surface area contributed by atoms with Crippen molar-refractivity contribution in [2.24, 2.45) is 7.05 Å². The Balaban J connectivity index is 1.92. The van der Waals surface area contributed by atoms with E-state index < -0.39 is 12.1 Å². The Hall–Kier alpha value is -3.19. The van der Waals surface area contributed by atoms with Gasteiger partial charge in [0.1, 0.15) is 23.4 Å². The SMILES string of the molecule is COc1cc(OC)cc([C@H](NC(=O)Nc2cccc(Cl)c2)c2nccn2C)c1. The summed E-state index contributed by atoms with van der Waals surface area (Å²) in [5.74, 6) is 1.90.